The molecule has 2 N–H and O–H groups in total. The average Bonchev–Trinajstić information content (AvgIpc) is 2.48. The van der Waals surface area contributed by atoms with Gasteiger partial charge < -0.3 is 14.9 Å². The van der Waals surface area contributed by atoms with Crippen LogP contribution in [0.3, 0.4) is 0 Å². The lowest BCUT2D eigenvalue weighted by Gasteiger charge is -2.38. The summed E-state index contributed by atoms with van der Waals surface area (Å²) >= 11 is 0. The molecule has 2 atom stereocenters. The Morgan fingerprint density at radius 1 is 1.10 bits per heavy atom. The van der Waals surface area contributed by atoms with E-state index in [0.717, 1.165) is 5.56 Å². The number of aliphatic hydroxyl groups excluding tert-OH is 2. The highest BCUT2D eigenvalue weighted by molar-refractivity contribution is 5.13. The number of hydrogen-bond acceptors (Lipinski definition) is 3. The van der Waals surface area contributed by atoms with Gasteiger partial charge >= 0.3 is 0 Å². The Balaban J connectivity index is 2.68. The van der Waals surface area contributed by atoms with E-state index in [1.807, 2.05) is 37.3 Å². The van der Waals surface area contributed by atoms with E-state index in [0.29, 0.717) is 19.4 Å². The molecule has 21 heavy (non-hydrogen) atoms. The van der Waals surface area contributed by atoms with Crippen molar-refractivity contribution in [3.05, 3.63) is 61.2 Å². The molecule has 0 fully saturated rings. The van der Waals surface area contributed by atoms with Gasteiger partial charge in [0.15, 0.2) is 0 Å². The molecule has 0 aliphatic heterocycles. The minimum atomic E-state index is -0.753. The van der Waals surface area contributed by atoms with Crippen LogP contribution in [-0.2, 0) is 11.3 Å². The Kier molecular flexibility index (Phi) is 7.37. The van der Waals surface area contributed by atoms with Gasteiger partial charge in [-0.05, 0) is 18.4 Å². The topological polar surface area (TPSA) is 49.7 Å². The quantitative estimate of drug-likeness (QED) is 0.651. The van der Waals surface area contributed by atoms with E-state index < -0.39 is 17.6 Å². The van der Waals surface area contributed by atoms with Gasteiger partial charge in [-0.25, -0.2) is 0 Å². The zero-order valence-electron chi connectivity index (χ0n) is 12.7. The van der Waals surface area contributed by atoms with E-state index in [-0.39, 0.29) is 6.61 Å². The lowest BCUT2D eigenvalue weighted by Crippen LogP contribution is -2.46. The van der Waals surface area contributed by atoms with Crippen molar-refractivity contribution in [3.8, 4) is 0 Å². The van der Waals surface area contributed by atoms with Crippen molar-refractivity contribution in [2.24, 2.45) is 5.41 Å². The highest BCUT2D eigenvalue weighted by Crippen LogP contribution is 2.31. The largest absolute Gasteiger partial charge is 0.392 e. The van der Waals surface area contributed by atoms with E-state index >= 15 is 0 Å². The highest BCUT2D eigenvalue weighted by Gasteiger charge is 2.39. The maximum atomic E-state index is 10.3. The molecular weight excluding hydrogens is 264 g/mol. The molecular formula is C18H26O3. The SMILES string of the molecule is C=CC[C@@H](O)C(C)(COCc1ccccc1)[C@H](O)CC=C. The van der Waals surface area contributed by atoms with Gasteiger partial charge in [0.1, 0.15) is 0 Å². The van der Waals surface area contributed by atoms with Gasteiger partial charge in [-0.1, -0.05) is 49.4 Å². The van der Waals surface area contributed by atoms with Crippen LogP contribution in [0, 0.1) is 5.41 Å². The number of benzene rings is 1. The molecule has 0 unspecified atom stereocenters. The summed E-state index contributed by atoms with van der Waals surface area (Å²) in [5.74, 6) is 0. The van der Waals surface area contributed by atoms with Gasteiger partial charge in [0.25, 0.3) is 0 Å². The summed E-state index contributed by atoms with van der Waals surface area (Å²) in [6, 6.07) is 9.83. The fraction of sp³-hybridized carbons (Fsp3) is 0.444. The monoisotopic (exact) mass is 290 g/mol. The Labute approximate surface area is 127 Å². The molecule has 3 heteroatoms. The second-order valence-electron chi connectivity index (χ2n) is 5.56. The van der Waals surface area contributed by atoms with Crippen LogP contribution < -0.4 is 0 Å². The fourth-order valence-corrected chi connectivity index (χ4v) is 2.23. The maximum Gasteiger partial charge on any atom is 0.0717 e. The molecule has 0 heterocycles. The Hall–Kier alpha value is -1.42. The molecule has 0 aliphatic rings. The smallest absolute Gasteiger partial charge is 0.0717 e. The minimum Gasteiger partial charge on any atom is -0.392 e. The average molecular weight is 290 g/mol. The molecule has 1 aromatic carbocycles. The first-order valence-electron chi connectivity index (χ1n) is 7.24. The van der Waals surface area contributed by atoms with Crippen molar-refractivity contribution in [3.63, 3.8) is 0 Å². The molecule has 0 aromatic heterocycles. The zero-order chi connectivity index (χ0) is 15.7. The van der Waals surface area contributed by atoms with Crippen LogP contribution in [-0.4, -0.2) is 29.0 Å². The molecule has 0 bridgehead atoms. The third-order valence-electron chi connectivity index (χ3n) is 3.83. The maximum absolute atomic E-state index is 10.3. The Bertz CT molecular complexity index is 411. The molecule has 0 spiro atoms. The molecule has 0 saturated carbocycles. The first-order valence-corrected chi connectivity index (χ1v) is 7.24. The van der Waals surface area contributed by atoms with Gasteiger partial charge in [0.05, 0.1) is 25.4 Å². The van der Waals surface area contributed by atoms with Gasteiger partial charge in [-0.2, -0.15) is 0 Å². The predicted molar refractivity (Wildman–Crippen MR) is 85.8 cm³/mol. The molecule has 0 radical (unpaired) electrons. The molecule has 0 aliphatic carbocycles. The number of ether oxygens (including phenoxy) is 1. The summed E-state index contributed by atoms with van der Waals surface area (Å²) in [5.41, 5.74) is 0.313. The molecule has 1 aromatic rings. The van der Waals surface area contributed by atoms with Gasteiger partial charge in [-0.15, -0.1) is 13.2 Å². The highest BCUT2D eigenvalue weighted by atomic mass is 16.5. The number of aliphatic hydroxyl groups is 2. The van der Waals surface area contributed by atoms with Crippen LogP contribution in [0.2, 0.25) is 0 Å². The molecule has 0 amide bonds. The van der Waals surface area contributed by atoms with Crippen LogP contribution >= 0.6 is 0 Å². The fourth-order valence-electron chi connectivity index (χ4n) is 2.23. The van der Waals surface area contributed by atoms with Crippen molar-refractivity contribution in [1.29, 1.82) is 0 Å². The van der Waals surface area contributed by atoms with Gasteiger partial charge in [0.2, 0.25) is 0 Å². The zero-order valence-corrected chi connectivity index (χ0v) is 12.7. The summed E-state index contributed by atoms with van der Waals surface area (Å²) in [7, 11) is 0. The minimum absolute atomic E-state index is 0.270. The van der Waals surface area contributed by atoms with E-state index in [2.05, 4.69) is 13.2 Å². The van der Waals surface area contributed by atoms with Crippen LogP contribution in [0.15, 0.2) is 55.6 Å². The number of hydrogen-bond donors (Lipinski definition) is 2. The van der Waals surface area contributed by atoms with Gasteiger partial charge in [0, 0.05) is 5.41 Å². The molecule has 1 rings (SSSR count). The summed E-state index contributed by atoms with van der Waals surface area (Å²) in [4.78, 5) is 0. The second-order valence-corrected chi connectivity index (χ2v) is 5.56. The van der Waals surface area contributed by atoms with Crippen molar-refractivity contribution in [2.45, 2.75) is 38.6 Å². The van der Waals surface area contributed by atoms with E-state index in [1.165, 1.54) is 0 Å². The Morgan fingerprint density at radius 2 is 1.62 bits per heavy atom. The lowest BCUT2D eigenvalue weighted by atomic mass is 9.77. The summed E-state index contributed by atoms with van der Waals surface area (Å²) in [5, 5.41) is 20.6. The van der Waals surface area contributed by atoms with Crippen molar-refractivity contribution >= 4 is 0 Å². The second kappa shape index (κ2) is 8.78. The molecule has 3 nitrogen and oxygen atoms in total. The van der Waals surface area contributed by atoms with E-state index in [9.17, 15) is 10.2 Å². The lowest BCUT2D eigenvalue weighted by molar-refractivity contribution is -0.105. The number of rotatable bonds is 10. The summed E-state index contributed by atoms with van der Waals surface area (Å²) in [6.45, 7) is 9.85. The van der Waals surface area contributed by atoms with Crippen LogP contribution in [0.1, 0.15) is 25.3 Å². The van der Waals surface area contributed by atoms with Crippen molar-refractivity contribution in [1.82, 2.24) is 0 Å². The van der Waals surface area contributed by atoms with E-state index in [4.69, 9.17) is 4.74 Å². The van der Waals surface area contributed by atoms with Crippen LogP contribution in [0.25, 0.3) is 0 Å². The van der Waals surface area contributed by atoms with Gasteiger partial charge in [-0.3, -0.25) is 0 Å². The Morgan fingerprint density at radius 3 is 2.10 bits per heavy atom. The van der Waals surface area contributed by atoms with E-state index in [1.54, 1.807) is 12.2 Å². The first-order chi connectivity index (χ1) is 10.0. The first kappa shape index (κ1) is 17.6. The summed E-state index contributed by atoms with van der Waals surface area (Å²) < 4.78 is 5.73. The predicted octanol–water partition coefficient (Wildman–Crippen LogP) is 3.08. The van der Waals surface area contributed by atoms with Crippen molar-refractivity contribution < 1.29 is 14.9 Å². The third-order valence-corrected chi connectivity index (χ3v) is 3.83. The standard InChI is InChI=1S/C18H26O3/c1-4-9-16(19)18(3,17(20)10-5-2)14-21-13-15-11-7-6-8-12-15/h4-8,11-12,16-17,19-20H,1-2,9-10,13-14H2,3H3/t16-,17-/m1/s1. The molecule has 0 saturated heterocycles. The molecule has 116 valence electrons. The van der Waals surface area contributed by atoms with Crippen LogP contribution in [0.5, 0.6) is 0 Å². The normalized spacial score (nSPS) is 14.4. The van der Waals surface area contributed by atoms with Crippen molar-refractivity contribution in [2.75, 3.05) is 6.61 Å². The van der Waals surface area contributed by atoms with Crippen LogP contribution in [0.4, 0.5) is 0 Å². The summed E-state index contributed by atoms with van der Waals surface area (Å²) in [6.07, 6.45) is 2.72. The third kappa shape index (κ3) is 5.12.